The van der Waals surface area contributed by atoms with Crippen molar-refractivity contribution in [2.24, 2.45) is 0 Å². The molecule has 160 valence electrons. The first-order valence-corrected chi connectivity index (χ1v) is 11.3. The molecule has 2 heterocycles. The van der Waals surface area contributed by atoms with Gasteiger partial charge in [-0.05, 0) is 42.8 Å². The van der Waals surface area contributed by atoms with Crippen molar-refractivity contribution in [3.8, 4) is 0 Å². The third kappa shape index (κ3) is 7.26. The van der Waals surface area contributed by atoms with Crippen LogP contribution in [0.4, 0.5) is 5.82 Å². The number of hydrogen-bond donors (Lipinski definition) is 2. The summed E-state index contributed by atoms with van der Waals surface area (Å²) in [6, 6.07) is 9.41. The molecule has 30 heavy (non-hydrogen) atoms. The fourth-order valence-corrected chi connectivity index (χ4v) is 4.26. The number of carbonyl (C=O) groups is 3. The molecular weight excluding hydrogens is 400 g/mol. The first-order chi connectivity index (χ1) is 14.6. The van der Waals surface area contributed by atoms with Crippen molar-refractivity contribution in [2.75, 3.05) is 11.9 Å². The number of hydrogen-bond acceptors (Lipinski definition) is 5. The number of anilines is 1. The molecule has 0 aromatic carbocycles. The number of nitrogens with zero attached hydrogens (tertiary/aromatic N) is 2. The summed E-state index contributed by atoms with van der Waals surface area (Å²) < 4.78 is 0. The Kier molecular flexibility index (Phi) is 8.38. The van der Waals surface area contributed by atoms with Gasteiger partial charge in [0.2, 0.25) is 17.7 Å². The highest BCUT2D eigenvalue weighted by molar-refractivity contribution is 7.09. The molecular formula is C22H28N4O3S. The van der Waals surface area contributed by atoms with Gasteiger partial charge in [0.05, 0.1) is 13.1 Å². The van der Waals surface area contributed by atoms with Gasteiger partial charge >= 0.3 is 0 Å². The highest BCUT2D eigenvalue weighted by atomic mass is 32.1. The quantitative estimate of drug-likeness (QED) is 0.607. The zero-order valence-electron chi connectivity index (χ0n) is 17.0. The molecule has 1 aliphatic rings. The van der Waals surface area contributed by atoms with Gasteiger partial charge in [0, 0.05) is 30.0 Å². The summed E-state index contributed by atoms with van der Waals surface area (Å²) in [4.78, 5) is 44.0. The van der Waals surface area contributed by atoms with Crippen LogP contribution in [0.1, 0.15) is 49.8 Å². The second-order valence-corrected chi connectivity index (χ2v) is 8.53. The Morgan fingerprint density at radius 3 is 2.60 bits per heavy atom. The zero-order chi connectivity index (χ0) is 21.2. The summed E-state index contributed by atoms with van der Waals surface area (Å²) in [5.41, 5.74) is 0. The first kappa shape index (κ1) is 22.0. The van der Waals surface area contributed by atoms with E-state index in [9.17, 15) is 14.4 Å². The summed E-state index contributed by atoms with van der Waals surface area (Å²) in [6.07, 6.45) is 6.78. The number of thiophene rings is 1. The van der Waals surface area contributed by atoms with Crippen LogP contribution in [0.25, 0.3) is 0 Å². The summed E-state index contributed by atoms with van der Waals surface area (Å²) in [7, 11) is 0. The van der Waals surface area contributed by atoms with Gasteiger partial charge in [-0.15, -0.1) is 11.3 Å². The number of rotatable bonds is 10. The second kappa shape index (κ2) is 11.4. The molecule has 1 aliphatic carbocycles. The molecule has 2 aromatic rings. The number of nitrogens with one attached hydrogen (secondary N) is 2. The van der Waals surface area contributed by atoms with Gasteiger partial charge in [-0.2, -0.15) is 0 Å². The maximum absolute atomic E-state index is 12.8. The molecule has 3 amide bonds. The van der Waals surface area contributed by atoms with Gasteiger partial charge in [0.1, 0.15) is 5.82 Å². The monoisotopic (exact) mass is 428 g/mol. The Morgan fingerprint density at radius 1 is 1.07 bits per heavy atom. The molecule has 0 saturated heterocycles. The molecule has 1 saturated carbocycles. The van der Waals surface area contributed by atoms with Crippen LogP contribution in [0.3, 0.4) is 0 Å². The predicted octanol–water partition coefficient (Wildman–Crippen LogP) is 3.34. The minimum atomic E-state index is -0.176. The van der Waals surface area contributed by atoms with Crippen molar-refractivity contribution in [1.82, 2.24) is 15.2 Å². The summed E-state index contributed by atoms with van der Waals surface area (Å²) >= 11 is 1.56. The predicted molar refractivity (Wildman–Crippen MR) is 117 cm³/mol. The maximum Gasteiger partial charge on any atom is 0.239 e. The molecule has 2 N–H and O–H groups in total. The third-order valence-corrected chi connectivity index (χ3v) is 5.92. The highest BCUT2D eigenvalue weighted by Gasteiger charge is 2.22. The molecule has 2 aromatic heterocycles. The SMILES string of the molecule is O=C(CCCC(=O)N(CC(=O)NC1CCCC1)Cc1cccs1)Nc1ccccn1. The van der Waals surface area contributed by atoms with E-state index in [1.165, 1.54) is 0 Å². The lowest BCUT2D eigenvalue weighted by molar-refractivity contribution is -0.137. The fourth-order valence-electron chi connectivity index (χ4n) is 3.54. The minimum Gasteiger partial charge on any atom is -0.352 e. The molecule has 3 rings (SSSR count). The number of aromatic nitrogens is 1. The number of amides is 3. The molecule has 0 aliphatic heterocycles. The normalized spacial score (nSPS) is 13.7. The first-order valence-electron chi connectivity index (χ1n) is 10.4. The van der Waals surface area contributed by atoms with Gasteiger partial charge in [-0.1, -0.05) is 25.0 Å². The Labute approximate surface area is 180 Å². The molecule has 0 atom stereocenters. The Morgan fingerprint density at radius 2 is 1.90 bits per heavy atom. The number of pyridine rings is 1. The Bertz CT molecular complexity index is 820. The fraction of sp³-hybridized carbons (Fsp3) is 0.455. The molecule has 0 spiro atoms. The van der Waals surface area contributed by atoms with Crippen LogP contribution in [0.2, 0.25) is 0 Å². The van der Waals surface area contributed by atoms with Gasteiger partial charge in [0.15, 0.2) is 0 Å². The lowest BCUT2D eigenvalue weighted by Crippen LogP contribution is -2.43. The van der Waals surface area contributed by atoms with Crippen molar-refractivity contribution in [1.29, 1.82) is 0 Å². The van der Waals surface area contributed by atoms with Crippen LogP contribution in [0, 0.1) is 0 Å². The van der Waals surface area contributed by atoms with Gasteiger partial charge in [0.25, 0.3) is 0 Å². The minimum absolute atomic E-state index is 0.0490. The molecule has 0 bridgehead atoms. The van der Waals surface area contributed by atoms with E-state index in [0.29, 0.717) is 18.8 Å². The number of carbonyl (C=O) groups excluding carboxylic acids is 3. The van der Waals surface area contributed by atoms with E-state index in [4.69, 9.17) is 0 Å². The standard InChI is InChI=1S/C22H28N4O3S/c27-20(25-19-10-3-4-13-23-19)11-5-12-22(29)26(15-18-9-6-14-30-18)16-21(28)24-17-7-1-2-8-17/h3-4,6,9-10,13-14,17H,1-2,5,7-8,11-12,15-16H2,(H,24,28)(H,23,25,27). The van der Waals surface area contributed by atoms with Gasteiger partial charge in [-0.3, -0.25) is 14.4 Å². The average molecular weight is 429 g/mol. The molecule has 0 unspecified atom stereocenters. The average Bonchev–Trinajstić information content (AvgIpc) is 3.42. The van der Waals surface area contributed by atoms with Crippen molar-refractivity contribution >= 4 is 34.9 Å². The van der Waals surface area contributed by atoms with Crippen molar-refractivity contribution in [2.45, 2.75) is 57.5 Å². The van der Waals surface area contributed by atoms with Gasteiger partial charge < -0.3 is 15.5 Å². The van der Waals surface area contributed by atoms with Crippen LogP contribution in [0.5, 0.6) is 0 Å². The summed E-state index contributed by atoms with van der Waals surface area (Å²) in [6.45, 7) is 0.460. The second-order valence-electron chi connectivity index (χ2n) is 7.49. The highest BCUT2D eigenvalue weighted by Crippen LogP contribution is 2.18. The van der Waals surface area contributed by atoms with Crippen molar-refractivity contribution in [3.05, 3.63) is 46.8 Å². The zero-order valence-corrected chi connectivity index (χ0v) is 17.8. The third-order valence-electron chi connectivity index (χ3n) is 5.06. The summed E-state index contributed by atoms with van der Waals surface area (Å²) in [5, 5.41) is 7.72. The van der Waals surface area contributed by atoms with Crippen LogP contribution in [-0.2, 0) is 20.9 Å². The van der Waals surface area contributed by atoms with Crippen LogP contribution < -0.4 is 10.6 Å². The maximum atomic E-state index is 12.8. The Hall–Kier alpha value is -2.74. The molecule has 0 radical (unpaired) electrons. The van der Waals surface area contributed by atoms with Crippen LogP contribution in [-0.4, -0.2) is 40.2 Å². The van der Waals surface area contributed by atoms with Crippen molar-refractivity contribution < 1.29 is 14.4 Å². The molecule has 7 nitrogen and oxygen atoms in total. The van der Waals surface area contributed by atoms with E-state index >= 15 is 0 Å². The van der Waals surface area contributed by atoms with E-state index < -0.39 is 0 Å². The van der Waals surface area contributed by atoms with E-state index in [1.54, 1.807) is 40.6 Å². The van der Waals surface area contributed by atoms with Crippen LogP contribution >= 0.6 is 11.3 Å². The van der Waals surface area contributed by atoms with E-state index in [1.807, 2.05) is 17.5 Å². The molecule has 8 heteroatoms. The topological polar surface area (TPSA) is 91.4 Å². The Balaban J connectivity index is 1.48. The molecule has 1 fully saturated rings. The van der Waals surface area contributed by atoms with Crippen molar-refractivity contribution in [3.63, 3.8) is 0 Å². The lowest BCUT2D eigenvalue weighted by atomic mass is 10.2. The van der Waals surface area contributed by atoms with Crippen LogP contribution in [0.15, 0.2) is 41.9 Å². The van der Waals surface area contributed by atoms with Gasteiger partial charge in [-0.25, -0.2) is 4.98 Å². The van der Waals surface area contributed by atoms with E-state index in [0.717, 1.165) is 30.6 Å². The lowest BCUT2D eigenvalue weighted by Gasteiger charge is -2.23. The summed E-state index contributed by atoms with van der Waals surface area (Å²) in [5.74, 6) is 0.0947. The van der Waals surface area contributed by atoms with E-state index in [-0.39, 0.29) is 43.1 Å². The van der Waals surface area contributed by atoms with E-state index in [2.05, 4.69) is 15.6 Å². The smallest absolute Gasteiger partial charge is 0.239 e. The largest absolute Gasteiger partial charge is 0.352 e.